The Hall–Kier alpha value is -3.11. The van der Waals surface area contributed by atoms with Crippen molar-refractivity contribution in [2.24, 2.45) is 0 Å². The van der Waals surface area contributed by atoms with Crippen LogP contribution in [0.25, 0.3) is 11.4 Å². The van der Waals surface area contributed by atoms with Gasteiger partial charge in [-0.1, -0.05) is 47.7 Å². The van der Waals surface area contributed by atoms with Gasteiger partial charge in [-0.3, -0.25) is 9.89 Å². The molecule has 1 atom stereocenters. The minimum absolute atomic E-state index is 0.174. The van der Waals surface area contributed by atoms with Crippen LogP contribution in [0, 0.1) is 18.3 Å². The zero-order valence-corrected chi connectivity index (χ0v) is 15.2. The number of nitrogens with zero attached hydrogens (tertiary/aromatic N) is 3. The second kappa shape index (κ2) is 7.85. The fraction of sp³-hybridized carbons (Fsp3) is 0.158. The molecule has 130 valence electrons. The molecule has 0 fully saturated rings. The minimum Gasteiger partial charge on any atom is -0.325 e. The van der Waals surface area contributed by atoms with E-state index in [4.69, 9.17) is 5.26 Å². The van der Waals surface area contributed by atoms with Gasteiger partial charge in [-0.05, 0) is 32.0 Å². The van der Waals surface area contributed by atoms with Gasteiger partial charge in [0.05, 0.1) is 16.9 Å². The summed E-state index contributed by atoms with van der Waals surface area (Å²) in [4.78, 5) is 16.8. The Labute approximate surface area is 155 Å². The van der Waals surface area contributed by atoms with E-state index >= 15 is 0 Å². The standard InChI is InChI=1S/C19H17N5OS/c1-12-6-8-15(9-7-12)17-22-19(24-23-17)26-13(2)18(25)21-16-5-3-4-14(10-16)11-20/h3-10,13H,1-2H3,(H,21,25)(H,22,23,24)/t13-/m0/s1. The largest absolute Gasteiger partial charge is 0.325 e. The van der Waals surface area contributed by atoms with Gasteiger partial charge in [0, 0.05) is 11.3 Å². The van der Waals surface area contributed by atoms with Crippen molar-refractivity contribution in [3.05, 3.63) is 59.7 Å². The number of carbonyl (C=O) groups is 1. The molecule has 0 bridgehead atoms. The van der Waals surface area contributed by atoms with E-state index in [0.29, 0.717) is 22.2 Å². The van der Waals surface area contributed by atoms with Crippen LogP contribution in [0.4, 0.5) is 5.69 Å². The third-order valence-corrected chi connectivity index (χ3v) is 4.66. The number of rotatable bonds is 5. The summed E-state index contributed by atoms with van der Waals surface area (Å²) in [6, 6.07) is 16.8. The maximum Gasteiger partial charge on any atom is 0.237 e. The predicted octanol–water partition coefficient (Wildman–Crippen LogP) is 3.77. The summed E-state index contributed by atoms with van der Waals surface area (Å²) in [5.41, 5.74) is 3.21. The number of anilines is 1. The van der Waals surface area contributed by atoms with Crippen LogP contribution in [0.5, 0.6) is 0 Å². The zero-order valence-electron chi connectivity index (χ0n) is 14.4. The molecule has 2 N–H and O–H groups in total. The van der Waals surface area contributed by atoms with E-state index in [9.17, 15) is 4.79 Å². The number of thioether (sulfide) groups is 1. The van der Waals surface area contributed by atoms with Crippen LogP contribution >= 0.6 is 11.8 Å². The number of H-pyrrole nitrogens is 1. The first-order valence-corrected chi connectivity index (χ1v) is 8.90. The molecule has 0 unspecified atom stereocenters. The van der Waals surface area contributed by atoms with Gasteiger partial charge >= 0.3 is 0 Å². The Bertz CT molecular complexity index is 959. The van der Waals surface area contributed by atoms with Crippen LogP contribution in [-0.2, 0) is 4.79 Å². The van der Waals surface area contributed by atoms with Crippen molar-refractivity contribution in [3.63, 3.8) is 0 Å². The van der Waals surface area contributed by atoms with Crippen LogP contribution < -0.4 is 5.32 Å². The van der Waals surface area contributed by atoms with Gasteiger partial charge in [0.25, 0.3) is 0 Å². The monoisotopic (exact) mass is 363 g/mol. The average Bonchev–Trinajstić information content (AvgIpc) is 3.11. The molecule has 7 heteroatoms. The molecular weight excluding hydrogens is 346 g/mol. The highest BCUT2D eigenvalue weighted by Crippen LogP contribution is 2.24. The van der Waals surface area contributed by atoms with Gasteiger partial charge < -0.3 is 5.32 Å². The van der Waals surface area contributed by atoms with E-state index in [2.05, 4.69) is 26.6 Å². The Morgan fingerprint density at radius 2 is 2.04 bits per heavy atom. The summed E-state index contributed by atoms with van der Waals surface area (Å²) in [6.45, 7) is 3.81. The quantitative estimate of drug-likeness (QED) is 0.673. The van der Waals surface area contributed by atoms with Gasteiger partial charge in [0.1, 0.15) is 0 Å². The maximum atomic E-state index is 12.4. The Morgan fingerprint density at radius 3 is 2.77 bits per heavy atom. The first-order chi connectivity index (χ1) is 12.5. The van der Waals surface area contributed by atoms with E-state index < -0.39 is 0 Å². The molecule has 1 amide bonds. The molecule has 0 radical (unpaired) electrons. The van der Waals surface area contributed by atoms with Crippen LogP contribution in [0.2, 0.25) is 0 Å². The molecule has 3 rings (SSSR count). The topological polar surface area (TPSA) is 94.5 Å². The highest BCUT2D eigenvalue weighted by Gasteiger charge is 2.17. The van der Waals surface area contributed by atoms with Crippen molar-refractivity contribution in [3.8, 4) is 17.5 Å². The molecule has 0 aliphatic carbocycles. The smallest absolute Gasteiger partial charge is 0.237 e. The maximum absolute atomic E-state index is 12.4. The summed E-state index contributed by atoms with van der Waals surface area (Å²) < 4.78 is 0. The summed E-state index contributed by atoms with van der Waals surface area (Å²) in [7, 11) is 0. The number of aromatic amines is 1. The highest BCUT2D eigenvalue weighted by molar-refractivity contribution is 8.00. The summed E-state index contributed by atoms with van der Waals surface area (Å²) in [6.07, 6.45) is 0. The molecule has 0 aliphatic rings. The van der Waals surface area contributed by atoms with Crippen LogP contribution in [-0.4, -0.2) is 26.3 Å². The van der Waals surface area contributed by atoms with Crippen LogP contribution in [0.15, 0.2) is 53.7 Å². The van der Waals surface area contributed by atoms with E-state index in [1.165, 1.54) is 17.3 Å². The number of hydrogen-bond donors (Lipinski definition) is 2. The van der Waals surface area contributed by atoms with Crippen molar-refractivity contribution < 1.29 is 4.79 Å². The number of nitriles is 1. The molecule has 6 nitrogen and oxygen atoms in total. The second-order valence-electron chi connectivity index (χ2n) is 5.77. The number of amides is 1. The third kappa shape index (κ3) is 4.29. The predicted molar refractivity (Wildman–Crippen MR) is 102 cm³/mol. The van der Waals surface area contributed by atoms with E-state index in [1.807, 2.05) is 31.2 Å². The lowest BCUT2D eigenvalue weighted by molar-refractivity contribution is -0.115. The van der Waals surface area contributed by atoms with Crippen LogP contribution in [0.3, 0.4) is 0 Å². The molecule has 26 heavy (non-hydrogen) atoms. The molecule has 3 aromatic rings. The lowest BCUT2D eigenvalue weighted by Gasteiger charge is -2.10. The second-order valence-corrected chi connectivity index (χ2v) is 7.08. The van der Waals surface area contributed by atoms with Gasteiger partial charge in [-0.2, -0.15) is 5.26 Å². The zero-order chi connectivity index (χ0) is 18.5. The number of hydrogen-bond acceptors (Lipinski definition) is 5. The summed E-state index contributed by atoms with van der Waals surface area (Å²) in [5, 5.41) is 18.9. The normalized spacial score (nSPS) is 11.6. The van der Waals surface area contributed by atoms with Crippen LogP contribution in [0.1, 0.15) is 18.1 Å². The van der Waals surface area contributed by atoms with Crippen molar-refractivity contribution in [1.82, 2.24) is 15.2 Å². The van der Waals surface area contributed by atoms with Gasteiger partial charge in [-0.25, -0.2) is 4.98 Å². The Kier molecular flexibility index (Phi) is 5.34. The Balaban J connectivity index is 1.64. The van der Waals surface area contributed by atoms with Gasteiger partial charge in [0.2, 0.25) is 11.1 Å². The summed E-state index contributed by atoms with van der Waals surface area (Å²) in [5.74, 6) is 0.494. The van der Waals surface area contributed by atoms with Crippen molar-refractivity contribution in [1.29, 1.82) is 5.26 Å². The fourth-order valence-electron chi connectivity index (χ4n) is 2.26. The number of benzene rings is 2. The van der Waals surface area contributed by atoms with E-state index in [0.717, 1.165) is 5.56 Å². The van der Waals surface area contributed by atoms with Crippen molar-refractivity contribution in [2.45, 2.75) is 24.3 Å². The molecule has 0 saturated carbocycles. The number of nitrogens with one attached hydrogen (secondary N) is 2. The van der Waals surface area contributed by atoms with Crippen molar-refractivity contribution >= 4 is 23.4 Å². The number of aryl methyl sites for hydroxylation is 1. The molecular formula is C19H17N5OS. The third-order valence-electron chi connectivity index (χ3n) is 3.70. The first-order valence-electron chi connectivity index (χ1n) is 8.02. The molecule has 0 aliphatic heterocycles. The lowest BCUT2D eigenvalue weighted by atomic mass is 10.1. The molecule has 0 spiro atoms. The molecule has 2 aromatic carbocycles. The fourth-order valence-corrected chi connectivity index (χ4v) is 2.99. The highest BCUT2D eigenvalue weighted by atomic mass is 32.2. The average molecular weight is 363 g/mol. The van der Waals surface area contributed by atoms with Gasteiger partial charge in [0.15, 0.2) is 5.82 Å². The van der Waals surface area contributed by atoms with E-state index in [-0.39, 0.29) is 11.2 Å². The molecule has 0 saturated heterocycles. The number of aromatic nitrogens is 3. The molecule has 1 heterocycles. The number of carbonyl (C=O) groups excluding carboxylic acids is 1. The van der Waals surface area contributed by atoms with Crippen molar-refractivity contribution in [2.75, 3.05) is 5.32 Å². The SMILES string of the molecule is Cc1ccc(-c2nc(S[C@@H](C)C(=O)Nc3cccc(C#N)c3)n[nH]2)cc1. The molecule has 1 aromatic heterocycles. The lowest BCUT2D eigenvalue weighted by Crippen LogP contribution is -2.22. The van der Waals surface area contributed by atoms with Gasteiger partial charge in [-0.15, -0.1) is 5.10 Å². The van der Waals surface area contributed by atoms with E-state index in [1.54, 1.807) is 31.2 Å². The Morgan fingerprint density at radius 1 is 1.27 bits per heavy atom. The minimum atomic E-state index is -0.387. The first kappa shape index (κ1) is 17.7. The summed E-state index contributed by atoms with van der Waals surface area (Å²) >= 11 is 1.27.